The van der Waals surface area contributed by atoms with Crippen LogP contribution in [0.25, 0.3) is 10.8 Å². The summed E-state index contributed by atoms with van der Waals surface area (Å²) in [7, 11) is 0. The van der Waals surface area contributed by atoms with Crippen molar-refractivity contribution in [1.82, 2.24) is 0 Å². The number of phenolic OH excluding ortho intramolecular Hbond substituents is 3. The Hall–Kier alpha value is -1.61. The van der Waals surface area contributed by atoms with Gasteiger partial charge in [-0.25, -0.2) is 0 Å². The molecule has 2 rings (SSSR count). The van der Waals surface area contributed by atoms with E-state index >= 15 is 0 Å². The molecule has 72 valence electrons. The zero-order valence-electron chi connectivity index (χ0n) is 7.03. The van der Waals surface area contributed by atoms with Gasteiger partial charge in [-0.2, -0.15) is 0 Å². The van der Waals surface area contributed by atoms with Gasteiger partial charge in [-0.15, -0.1) is 0 Å². The molecule has 0 aromatic heterocycles. The zero-order chi connectivity index (χ0) is 10.3. The standard InChI is InChI=1S/C10H7ClO3/c11-6-3-5-1-2-7(12)10(14)9(5)8(13)4-6/h1-4,12-14H. The number of benzene rings is 2. The molecule has 3 nitrogen and oxygen atoms in total. The number of aromatic hydroxyl groups is 3. The summed E-state index contributed by atoms with van der Waals surface area (Å²) in [6.07, 6.45) is 0. The molecule has 14 heavy (non-hydrogen) atoms. The maximum absolute atomic E-state index is 9.50. The second-order valence-corrected chi connectivity index (χ2v) is 3.39. The average Bonchev–Trinajstić information content (AvgIpc) is 2.10. The van der Waals surface area contributed by atoms with Crippen molar-refractivity contribution in [2.75, 3.05) is 0 Å². The summed E-state index contributed by atoms with van der Waals surface area (Å²) < 4.78 is 0. The summed E-state index contributed by atoms with van der Waals surface area (Å²) in [6.45, 7) is 0. The van der Waals surface area contributed by atoms with Gasteiger partial charge in [-0.05, 0) is 23.6 Å². The van der Waals surface area contributed by atoms with Crippen molar-refractivity contribution >= 4 is 22.4 Å². The van der Waals surface area contributed by atoms with E-state index in [1.54, 1.807) is 12.1 Å². The van der Waals surface area contributed by atoms with E-state index in [9.17, 15) is 15.3 Å². The number of fused-ring (bicyclic) bond motifs is 1. The summed E-state index contributed by atoms with van der Waals surface area (Å²) in [6, 6.07) is 5.81. The summed E-state index contributed by atoms with van der Waals surface area (Å²) in [4.78, 5) is 0. The summed E-state index contributed by atoms with van der Waals surface area (Å²) >= 11 is 5.71. The van der Waals surface area contributed by atoms with Crippen molar-refractivity contribution in [3.8, 4) is 17.2 Å². The third-order valence-electron chi connectivity index (χ3n) is 2.01. The maximum atomic E-state index is 9.50. The van der Waals surface area contributed by atoms with Crippen LogP contribution in [0.15, 0.2) is 24.3 Å². The molecule has 0 radical (unpaired) electrons. The van der Waals surface area contributed by atoms with Gasteiger partial charge in [0.1, 0.15) is 5.75 Å². The average molecular weight is 211 g/mol. The van der Waals surface area contributed by atoms with Crippen LogP contribution in [0, 0.1) is 0 Å². The van der Waals surface area contributed by atoms with Crippen LogP contribution in [0.5, 0.6) is 17.2 Å². The predicted molar refractivity (Wildman–Crippen MR) is 54.0 cm³/mol. The molecule has 0 heterocycles. The van der Waals surface area contributed by atoms with Gasteiger partial charge in [0.15, 0.2) is 11.5 Å². The molecule has 0 atom stereocenters. The molecular formula is C10H7ClO3. The molecule has 0 aliphatic carbocycles. The Morgan fingerprint density at radius 2 is 1.64 bits per heavy atom. The Kier molecular flexibility index (Phi) is 1.89. The van der Waals surface area contributed by atoms with E-state index in [0.717, 1.165) is 0 Å². The van der Waals surface area contributed by atoms with Crippen LogP contribution in [0.4, 0.5) is 0 Å². The molecule has 4 heteroatoms. The first kappa shape index (κ1) is 8.97. The fourth-order valence-electron chi connectivity index (χ4n) is 1.38. The van der Waals surface area contributed by atoms with Crippen LogP contribution in [0.3, 0.4) is 0 Å². The van der Waals surface area contributed by atoms with Crippen LogP contribution in [-0.4, -0.2) is 15.3 Å². The first-order chi connectivity index (χ1) is 6.59. The first-order valence-electron chi connectivity index (χ1n) is 3.93. The fourth-order valence-corrected chi connectivity index (χ4v) is 1.60. The van der Waals surface area contributed by atoms with Crippen molar-refractivity contribution < 1.29 is 15.3 Å². The van der Waals surface area contributed by atoms with E-state index in [4.69, 9.17) is 11.6 Å². The lowest BCUT2D eigenvalue weighted by molar-refractivity contribution is 0.405. The molecule has 0 amide bonds. The third-order valence-corrected chi connectivity index (χ3v) is 2.23. The minimum Gasteiger partial charge on any atom is -0.507 e. The molecule has 2 aromatic rings. The molecule has 0 fully saturated rings. The van der Waals surface area contributed by atoms with E-state index in [0.29, 0.717) is 10.4 Å². The third kappa shape index (κ3) is 1.22. The second kappa shape index (κ2) is 2.96. The minimum atomic E-state index is -0.336. The monoisotopic (exact) mass is 210 g/mol. The molecule has 0 unspecified atom stereocenters. The Bertz CT molecular complexity index is 508. The van der Waals surface area contributed by atoms with E-state index < -0.39 is 0 Å². The van der Waals surface area contributed by atoms with E-state index in [2.05, 4.69) is 0 Å². The van der Waals surface area contributed by atoms with Crippen molar-refractivity contribution in [2.45, 2.75) is 0 Å². The Morgan fingerprint density at radius 1 is 0.929 bits per heavy atom. The van der Waals surface area contributed by atoms with Gasteiger partial charge in [0.05, 0.1) is 5.39 Å². The number of rotatable bonds is 0. The molecule has 0 bridgehead atoms. The largest absolute Gasteiger partial charge is 0.507 e. The quantitative estimate of drug-likeness (QED) is 0.586. The molecule has 0 aliphatic heterocycles. The zero-order valence-corrected chi connectivity index (χ0v) is 7.78. The first-order valence-corrected chi connectivity index (χ1v) is 4.30. The van der Waals surface area contributed by atoms with Crippen molar-refractivity contribution in [3.63, 3.8) is 0 Å². The van der Waals surface area contributed by atoms with Crippen molar-refractivity contribution in [3.05, 3.63) is 29.3 Å². The predicted octanol–water partition coefficient (Wildman–Crippen LogP) is 2.61. The topological polar surface area (TPSA) is 60.7 Å². The molecule has 0 spiro atoms. The van der Waals surface area contributed by atoms with E-state index in [1.165, 1.54) is 12.1 Å². The second-order valence-electron chi connectivity index (χ2n) is 2.96. The fraction of sp³-hybridized carbons (Fsp3) is 0. The SMILES string of the molecule is Oc1ccc2cc(Cl)cc(O)c2c1O. The number of halogens is 1. The highest BCUT2D eigenvalue weighted by Crippen LogP contribution is 2.40. The van der Waals surface area contributed by atoms with Gasteiger partial charge in [-0.3, -0.25) is 0 Å². The molecule has 3 N–H and O–H groups in total. The summed E-state index contributed by atoms with van der Waals surface area (Å²) in [5.74, 6) is -0.757. The van der Waals surface area contributed by atoms with Gasteiger partial charge in [-0.1, -0.05) is 17.7 Å². The molecular weight excluding hydrogens is 204 g/mol. The Balaban J connectivity index is 2.95. The van der Waals surface area contributed by atoms with Crippen LogP contribution in [0.1, 0.15) is 0 Å². The lowest BCUT2D eigenvalue weighted by Gasteiger charge is -2.05. The number of phenols is 3. The van der Waals surface area contributed by atoms with Crippen molar-refractivity contribution in [2.24, 2.45) is 0 Å². The van der Waals surface area contributed by atoms with Gasteiger partial charge in [0.2, 0.25) is 0 Å². The van der Waals surface area contributed by atoms with Gasteiger partial charge in [0.25, 0.3) is 0 Å². The normalized spacial score (nSPS) is 10.6. The van der Waals surface area contributed by atoms with E-state index in [-0.39, 0.29) is 22.6 Å². The molecule has 0 saturated heterocycles. The van der Waals surface area contributed by atoms with Crippen LogP contribution >= 0.6 is 11.6 Å². The summed E-state index contributed by atoms with van der Waals surface area (Å²) in [5.41, 5.74) is 0. The van der Waals surface area contributed by atoms with Crippen molar-refractivity contribution in [1.29, 1.82) is 0 Å². The van der Waals surface area contributed by atoms with Gasteiger partial charge < -0.3 is 15.3 Å². The molecule has 0 saturated carbocycles. The highest BCUT2D eigenvalue weighted by Gasteiger charge is 2.10. The minimum absolute atomic E-state index is 0.152. The molecule has 0 aliphatic rings. The lowest BCUT2D eigenvalue weighted by atomic mass is 10.1. The van der Waals surface area contributed by atoms with Crippen LogP contribution < -0.4 is 0 Å². The van der Waals surface area contributed by atoms with Gasteiger partial charge in [0, 0.05) is 5.02 Å². The van der Waals surface area contributed by atoms with Gasteiger partial charge >= 0.3 is 0 Å². The maximum Gasteiger partial charge on any atom is 0.169 e. The smallest absolute Gasteiger partial charge is 0.169 e. The van der Waals surface area contributed by atoms with Crippen LogP contribution in [-0.2, 0) is 0 Å². The highest BCUT2D eigenvalue weighted by molar-refractivity contribution is 6.31. The molecule has 2 aromatic carbocycles. The number of hydrogen-bond donors (Lipinski definition) is 3. The summed E-state index contributed by atoms with van der Waals surface area (Å²) in [5, 5.41) is 29.3. The number of hydrogen-bond acceptors (Lipinski definition) is 3. The Morgan fingerprint density at radius 3 is 2.36 bits per heavy atom. The van der Waals surface area contributed by atoms with E-state index in [1.807, 2.05) is 0 Å². The van der Waals surface area contributed by atoms with Crippen LogP contribution in [0.2, 0.25) is 5.02 Å². The lowest BCUT2D eigenvalue weighted by Crippen LogP contribution is -1.77. The Labute approximate surface area is 84.8 Å². The highest BCUT2D eigenvalue weighted by atomic mass is 35.5.